The van der Waals surface area contributed by atoms with E-state index in [1.807, 2.05) is 0 Å². The molecule has 1 aromatic rings. The number of rotatable bonds is 5. The highest BCUT2D eigenvalue weighted by Crippen LogP contribution is 2.19. The van der Waals surface area contributed by atoms with Gasteiger partial charge in [-0.2, -0.15) is 0 Å². The molecule has 0 radical (unpaired) electrons. The Morgan fingerprint density at radius 1 is 1.37 bits per heavy atom. The van der Waals surface area contributed by atoms with Crippen LogP contribution in [0.25, 0.3) is 0 Å². The van der Waals surface area contributed by atoms with E-state index in [-0.39, 0.29) is 11.5 Å². The number of ether oxygens (including phenoxy) is 1. The Balaban J connectivity index is 1.67. The molecule has 1 aliphatic rings. The van der Waals surface area contributed by atoms with E-state index in [4.69, 9.17) is 4.74 Å². The topological polar surface area (TPSA) is 71.2 Å². The predicted molar refractivity (Wildman–Crippen MR) is 72.2 cm³/mol. The molecular formula is C14H20N2O3. The van der Waals surface area contributed by atoms with Crippen LogP contribution in [-0.2, 0) is 4.74 Å². The SMILES string of the molecule is O=C(NCCOC1CCCCC1)c1cc[nH]c(=O)c1. The summed E-state index contributed by atoms with van der Waals surface area (Å²) >= 11 is 0. The van der Waals surface area contributed by atoms with Crippen molar-refractivity contribution < 1.29 is 9.53 Å². The average molecular weight is 264 g/mol. The van der Waals surface area contributed by atoms with Crippen molar-refractivity contribution in [1.29, 1.82) is 0 Å². The fraction of sp³-hybridized carbons (Fsp3) is 0.571. The van der Waals surface area contributed by atoms with E-state index in [0.29, 0.717) is 24.8 Å². The van der Waals surface area contributed by atoms with Gasteiger partial charge in [0.2, 0.25) is 5.56 Å². The van der Waals surface area contributed by atoms with Gasteiger partial charge in [0, 0.05) is 24.4 Å². The number of carbonyl (C=O) groups is 1. The molecule has 1 saturated carbocycles. The fourth-order valence-corrected chi connectivity index (χ4v) is 2.31. The summed E-state index contributed by atoms with van der Waals surface area (Å²) in [6.07, 6.45) is 7.86. The lowest BCUT2D eigenvalue weighted by Crippen LogP contribution is -2.30. The molecule has 0 aromatic carbocycles. The fourth-order valence-electron chi connectivity index (χ4n) is 2.31. The molecule has 104 valence electrons. The van der Waals surface area contributed by atoms with E-state index >= 15 is 0 Å². The minimum absolute atomic E-state index is 0.238. The monoisotopic (exact) mass is 264 g/mol. The molecule has 1 amide bonds. The highest BCUT2D eigenvalue weighted by Gasteiger charge is 2.13. The van der Waals surface area contributed by atoms with Gasteiger partial charge >= 0.3 is 0 Å². The second kappa shape index (κ2) is 7.09. The Kier molecular flexibility index (Phi) is 5.15. The Bertz CT molecular complexity index is 464. The first-order chi connectivity index (χ1) is 9.25. The van der Waals surface area contributed by atoms with Gasteiger partial charge in [0.15, 0.2) is 0 Å². The van der Waals surface area contributed by atoms with E-state index in [0.717, 1.165) is 12.8 Å². The second-order valence-electron chi connectivity index (χ2n) is 4.83. The summed E-state index contributed by atoms with van der Waals surface area (Å²) in [5.41, 5.74) is 0.104. The van der Waals surface area contributed by atoms with Crippen molar-refractivity contribution in [1.82, 2.24) is 10.3 Å². The lowest BCUT2D eigenvalue weighted by Gasteiger charge is -2.21. The van der Waals surface area contributed by atoms with Crippen LogP contribution < -0.4 is 10.9 Å². The Morgan fingerprint density at radius 3 is 2.89 bits per heavy atom. The number of amides is 1. The smallest absolute Gasteiger partial charge is 0.251 e. The van der Waals surface area contributed by atoms with E-state index in [9.17, 15) is 9.59 Å². The van der Waals surface area contributed by atoms with Gasteiger partial charge in [-0.1, -0.05) is 19.3 Å². The molecule has 19 heavy (non-hydrogen) atoms. The maximum atomic E-state index is 11.7. The number of H-pyrrole nitrogens is 1. The predicted octanol–water partition coefficient (Wildman–Crippen LogP) is 1.45. The van der Waals surface area contributed by atoms with E-state index in [2.05, 4.69) is 10.3 Å². The summed E-state index contributed by atoms with van der Waals surface area (Å²) in [6.45, 7) is 1.00. The minimum Gasteiger partial charge on any atom is -0.376 e. The van der Waals surface area contributed by atoms with Crippen molar-refractivity contribution in [2.75, 3.05) is 13.2 Å². The van der Waals surface area contributed by atoms with Gasteiger partial charge in [0.25, 0.3) is 5.91 Å². The van der Waals surface area contributed by atoms with Crippen LogP contribution in [0, 0.1) is 0 Å². The molecule has 1 aromatic heterocycles. The highest BCUT2D eigenvalue weighted by molar-refractivity contribution is 5.93. The summed E-state index contributed by atoms with van der Waals surface area (Å²) in [6, 6.07) is 2.87. The first-order valence-electron chi connectivity index (χ1n) is 6.84. The largest absolute Gasteiger partial charge is 0.376 e. The van der Waals surface area contributed by atoms with Gasteiger partial charge in [0.1, 0.15) is 0 Å². The Morgan fingerprint density at radius 2 is 2.16 bits per heavy atom. The number of pyridine rings is 1. The second-order valence-corrected chi connectivity index (χ2v) is 4.83. The quantitative estimate of drug-likeness (QED) is 0.791. The van der Waals surface area contributed by atoms with Gasteiger partial charge in [-0.05, 0) is 18.9 Å². The van der Waals surface area contributed by atoms with Gasteiger partial charge < -0.3 is 15.0 Å². The number of carbonyl (C=O) groups excluding carboxylic acids is 1. The third-order valence-corrected chi connectivity index (χ3v) is 3.33. The van der Waals surface area contributed by atoms with Crippen LogP contribution in [0.4, 0.5) is 0 Å². The molecule has 2 N–H and O–H groups in total. The van der Waals surface area contributed by atoms with Crippen molar-refractivity contribution in [2.45, 2.75) is 38.2 Å². The molecule has 0 unspecified atom stereocenters. The third kappa shape index (κ3) is 4.52. The maximum Gasteiger partial charge on any atom is 0.251 e. The van der Waals surface area contributed by atoms with E-state index in [1.165, 1.54) is 31.5 Å². The average Bonchev–Trinajstić information content (AvgIpc) is 2.44. The number of aromatic nitrogens is 1. The van der Waals surface area contributed by atoms with Crippen LogP contribution in [0.2, 0.25) is 0 Å². The molecule has 0 aliphatic heterocycles. The first-order valence-corrected chi connectivity index (χ1v) is 6.84. The third-order valence-electron chi connectivity index (χ3n) is 3.33. The van der Waals surface area contributed by atoms with Crippen molar-refractivity contribution in [3.8, 4) is 0 Å². The van der Waals surface area contributed by atoms with Crippen LogP contribution >= 0.6 is 0 Å². The van der Waals surface area contributed by atoms with E-state index in [1.54, 1.807) is 6.07 Å². The summed E-state index contributed by atoms with van der Waals surface area (Å²) in [5, 5.41) is 2.75. The van der Waals surface area contributed by atoms with E-state index < -0.39 is 0 Å². The van der Waals surface area contributed by atoms with Gasteiger partial charge in [-0.15, -0.1) is 0 Å². The molecule has 0 saturated heterocycles. The Labute approximate surface area is 112 Å². The molecule has 5 heteroatoms. The van der Waals surface area contributed by atoms with Crippen LogP contribution in [0.15, 0.2) is 23.1 Å². The van der Waals surface area contributed by atoms with Gasteiger partial charge in [-0.25, -0.2) is 0 Å². The lowest BCUT2D eigenvalue weighted by atomic mass is 9.98. The van der Waals surface area contributed by atoms with Crippen molar-refractivity contribution in [3.05, 3.63) is 34.2 Å². The maximum absolute atomic E-state index is 11.7. The van der Waals surface area contributed by atoms with Gasteiger partial charge in [-0.3, -0.25) is 9.59 Å². The lowest BCUT2D eigenvalue weighted by molar-refractivity contribution is 0.0299. The first kappa shape index (κ1) is 13.8. The Hall–Kier alpha value is -1.62. The molecule has 0 atom stereocenters. The summed E-state index contributed by atoms with van der Waals surface area (Å²) in [7, 11) is 0. The number of hydrogen-bond acceptors (Lipinski definition) is 3. The molecule has 2 rings (SSSR count). The molecule has 5 nitrogen and oxygen atoms in total. The van der Waals surface area contributed by atoms with Crippen LogP contribution in [-0.4, -0.2) is 30.1 Å². The zero-order valence-electron chi connectivity index (χ0n) is 11.0. The van der Waals surface area contributed by atoms with Crippen LogP contribution in [0.1, 0.15) is 42.5 Å². The number of hydrogen-bond donors (Lipinski definition) is 2. The minimum atomic E-state index is -0.272. The molecule has 1 heterocycles. The molecular weight excluding hydrogens is 244 g/mol. The van der Waals surface area contributed by atoms with Crippen molar-refractivity contribution in [2.24, 2.45) is 0 Å². The number of aromatic amines is 1. The summed E-state index contributed by atoms with van der Waals surface area (Å²) in [4.78, 5) is 25.3. The standard InChI is InChI=1S/C14H20N2O3/c17-13-10-11(6-7-15-13)14(18)16-8-9-19-12-4-2-1-3-5-12/h6-7,10,12H,1-5,8-9H2,(H,15,17)(H,16,18). The van der Waals surface area contributed by atoms with Crippen molar-refractivity contribution >= 4 is 5.91 Å². The number of nitrogens with one attached hydrogen (secondary N) is 2. The van der Waals surface area contributed by atoms with Crippen LogP contribution in [0.3, 0.4) is 0 Å². The molecule has 0 bridgehead atoms. The summed E-state index contributed by atoms with van der Waals surface area (Å²) < 4.78 is 5.71. The normalized spacial score (nSPS) is 16.2. The molecule has 1 fully saturated rings. The molecule has 1 aliphatic carbocycles. The highest BCUT2D eigenvalue weighted by atomic mass is 16.5. The zero-order valence-corrected chi connectivity index (χ0v) is 11.0. The van der Waals surface area contributed by atoms with Crippen LogP contribution in [0.5, 0.6) is 0 Å². The van der Waals surface area contributed by atoms with Crippen molar-refractivity contribution in [3.63, 3.8) is 0 Å². The summed E-state index contributed by atoms with van der Waals surface area (Å²) in [5.74, 6) is -0.238. The van der Waals surface area contributed by atoms with Gasteiger partial charge in [0.05, 0.1) is 12.7 Å². The zero-order chi connectivity index (χ0) is 13.5. The molecule has 0 spiro atoms.